The van der Waals surface area contributed by atoms with E-state index in [1.54, 1.807) is 63.2 Å². The summed E-state index contributed by atoms with van der Waals surface area (Å²) in [4.78, 5) is 49.4. The Hall–Kier alpha value is -4.20. The van der Waals surface area contributed by atoms with Gasteiger partial charge in [0.25, 0.3) is 5.91 Å². The Morgan fingerprint density at radius 2 is 1.56 bits per heavy atom. The number of hydrogen-bond acceptors (Lipinski definition) is 6. The van der Waals surface area contributed by atoms with Crippen LogP contribution in [0.25, 0.3) is 0 Å². The smallest absolute Gasteiger partial charge is 0.338 e. The summed E-state index contributed by atoms with van der Waals surface area (Å²) in [6.07, 6.45) is 0.356. The normalized spacial score (nSPS) is 11.6. The van der Waals surface area contributed by atoms with Gasteiger partial charge >= 0.3 is 5.97 Å². The molecule has 1 heterocycles. The van der Waals surface area contributed by atoms with Crippen LogP contribution < -0.4 is 10.6 Å². The summed E-state index contributed by atoms with van der Waals surface area (Å²) in [6, 6.07) is 14.2. The first-order valence-corrected chi connectivity index (χ1v) is 10.8. The number of amides is 2. The Balaban J connectivity index is 1.65. The molecule has 0 saturated heterocycles. The molecule has 8 nitrogen and oxygen atoms in total. The highest BCUT2D eigenvalue weighted by atomic mass is 16.5. The third-order valence-electron chi connectivity index (χ3n) is 5.08. The maximum atomic E-state index is 12.7. The Labute approximate surface area is 197 Å². The molecule has 2 amide bonds. The van der Waals surface area contributed by atoms with Crippen LogP contribution in [0.3, 0.4) is 0 Å². The summed E-state index contributed by atoms with van der Waals surface area (Å²) in [5, 5.41) is 5.45. The van der Waals surface area contributed by atoms with E-state index >= 15 is 0 Å². The SMILES string of the molecule is Cc1ccc(C(=O)OC(C)C(=O)c2ccc(NC(=O)C(C)C)cc2)cc1NC(=O)c1ccco1. The van der Waals surface area contributed by atoms with Gasteiger partial charge in [-0.3, -0.25) is 14.4 Å². The minimum Gasteiger partial charge on any atom is -0.459 e. The van der Waals surface area contributed by atoms with Crippen molar-refractivity contribution in [3.8, 4) is 0 Å². The average Bonchev–Trinajstić information content (AvgIpc) is 3.35. The second-order valence-electron chi connectivity index (χ2n) is 8.09. The molecule has 8 heteroatoms. The Bertz CT molecular complexity index is 1200. The fraction of sp³-hybridized carbons (Fsp3) is 0.231. The zero-order valence-electron chi connectivity index (χ0n) is 19.4. The molecule has 0 aliphatic rings. The minimum atomic E-state index is -1.04. The highest BCUT2D eigenvalue weighted by Crippen LogP contribution is 2.20. The van der Waals surface area contributed by atoms with Crippen LogP contribution in [0.5, 0.6) is 0 Å². The number of aryl methyl sites for hydroxylation is 1. The van der Waals surface area contributed by atoms with Crippen molar-refractivity contribution in [3.63, 3.8) is 0 Å². The highest BCUT2D eigenvalue weighted by molar-refractivity contribution is 6.04. The van der Waals surface area contributed by atoms with Crippen molar-refractivity contribution in [2.45, 2.75) is 33.8 Å². The van der Waals surface area contributed by atoms with Crippen LogP contribution in [0, 0.1) is 12.8 Å². The van der Waals surface area contributed by atoms with Crippen molar-refractivity contribution in [1.29, 1.82) is 0 Å². The van der Waals surface area contributed by atoms with Crippen LogP contribution in [0.1, 0.15) is 57.6 Å². The van der Waals surface area contributed by atoms with E-state index < -0.39 is 18.0 Å². The van der Waals surface area contributed by atoms with Crippen molar-refractivity contribution in [2.24, 2.45) is 5.92 Å². The standard InChI is InChI=1S/C26H26N2O6/c1-15(2)24(30)27-20-11-9-18(10-12-20)23(29)17(4)34-26(32)19-8-7-16(3)21(14-19)28-25(31)22-6-5-13-33-22/h5-15,17H,1-4H3,(H,27,30)(H,28,31). The van der Waals surface area contributed by atoms with Crippen molar-refractivity contribution in [3.05, 3.63) is 83.3 Å². The fourth-order valence-electron chi connectivity index (χ4n) is 3.00. The van der Waals surface area contributed by atoms with Gasteiger partial charge in [0.05, 0.1) is 11.8 Å². The molecule has 1 aromatic heterocycles. The number of carbonyl (C=O) groups excluding carboxylic acids is 4. The average molecular weight is 463 g/mol. The van der Waals surface area contributed by atoms with E-state index in [1.807, 2.05) is 0 Å². The third kappa shape index (κ3) is 5.98. The zero-order valence-corrected chi connectivity index (χ0v) is 19.4. The van der Waals surface area contributed by atoms with Crippen LogP contribution in [0.15, 0.2) is 65.3 Å². The molecule has 0 radical (unpaired) electrons. The van der Waals surface area contributed by atoms with Gasteiger partial charge in [0.15, 0.2) is 11.9 Å². The quantitative estimate of drug-likeness (QED) is 0.365. The molecular formula is C26H26N2O6. The third-order valence-corrected chi connectivity index (χ3v) is 5.08. The number of Topliss-reactive ketones (excluding diaryl/α,β-unsaturated/α-hetero) is 1. The molecule has 2 aromatic carbocycles. The summed E-state index contributed by atoms with van der Waals surface area (Å²) >= 11 is 0. The van der Waals surface area contributed by atoms with Crippen molar-refractivity contribution < 1.29 is 28.3 Å². The van der Waals surface area contributed by atoms with E-state index in [4.69, 9.17) is 9.15 Å². The molecule has 0 fully saturated rings. The summed E-state index contributed by atoms with van der Waals surface area (Å²) in [5.74, 6) is -1.68. The highest BCUT2D eigenvalue weighted by Gasteiger charge is 2.21. The Kier molecular flexibility index (Phi) is 7.63. The van der Waals surface area contributed by atoms with E-state index in [2.05, 4.69) is 10.6 Å². The summed E-state index contributed by atoms with van der Waals surface area (Å²) in [5.41, 5.74) is 2.27. The lowest BCUT2D eigenvalue weighted by Crippen LogP contribution is -2.24. The lowest BCUT2D eigenvalue weighted by Gasteiger charge is -2.14. The Morgan fingerprint density at radius 1 is 0.882 bits per heavy atom. The van der Waals surface area contributed by atoms with E-state index in [9.17, 15) is 19.2 Å². The van der Waals surface area contributed by atoms with Gasteiger partial charge < -0.3 is 19.8 Å². The van der Waals surface area contributed by atoms with E-state index in [0.29, 0.717) is 16.9 Å². The molecular weight excluding hydrogens is 436 g/mol. The van der Waals surface area contributed by atoms with Gasteiger partial charge in [-0.1, -0.05) is 19.9 Å². The second kappa shape index (κ2) is 10.6. The van der Waals surface area contributed by atoms with Crippen LogP contribution >= 0.6 is 0 Å². The number of anilines is 2. The number of furan rings is 1. The molecule has 1 atom stereocenters. The molecule has 176 valence electrons. The zero-order chi connectivity index (χ0) is 24.8. The summed E-state index contributed by atoms with van der Waals surface area (Å²) in [6.45, 7) is 6.84. The van der Waals surface area contributed by atoms with Gasteiger partial charge in [-0.25, -0.2) is 4.79 Å². The molecule has 0 bridgehead atoms. The molecule has 3 rings (SSSR count). The molecule has 2 N–H and O–H groups in total. The first kappa shape index (κ1) is 24.4. The predicted molar refractivity (Wildman–Crippen MR) is 127 cm³/mol. The van der Waals surface area contributed by atoms with Crippen LogP contribution in [-0.4, -0.2) is 29.7 Å². The van der Waals surface area contributed by atoms with Gasteiger partial charge in [-0.15, -0.1) is 0 Å². The molecule has 34 heavy (non-hydrogen) atoms. The molecule has 0 aliphatic carbocycles. The van der Waals surface area contributed by atoms with E-state index in [-0.39, 0.29) is 28.9 Å². The largest absolute Gasteiger partial charge is 0.459 e. The maximum Gasteiger partial charge on any atom is 0.338 e. The number of esters is 1. The maximum absolute atomic E-state index is 12.7. The van der Waals surface area contributed by atoms with Gasteiger partial charge in [0, 0.05) is 22.9 Å². The van der Waals surface area contributed by atoms with Crippen molar-refractivity contribution >= 4 is 34.9 Å². The van der Waals surface area contributed by atoms with Gasteiger partial charge in [0.2, 0.25) is 11.7 Å². The van der Waals surface area contributed by atoms with Gasteiger partial charge in [0.1, 0.15) is 0 Å². The number of ketones is 1. The first-order chi connectivity index (χ1) is 16.2. The van der Waals surface area contributed by atoms with Crippen LogP contribution in [0.4, 0.5) is 11.4 Å². The van der Waals surface area contributed by atoms with Gasteiger partial charge in [-0.2, -0.15) is 0 Å². The lowest BCUT2D eigenvalue weighted by atomic mass is 10.1. The predicted octanol–water partition coefficient (Wildman–Crippen LogP) is 4.86. The van der Waals surface area contributed by atoms with Gasteiger partial charge in [-0.05, 0) is 67.9 Å². The molecule has 0 aliphatic heterocycles. The van der Waals surface area contributed by atoms with Crippen LogP contribution in [-0.2, 0) is 9.53 Å². The summed E-state index contributed by atoms with van der Waals surface area (Å²) < 4.78 is 10.4. The van der Waals surface area contributed by atoms with Crippen molar-refractivity contribution in [1.82, 2.24) is 0 Å². The fourth-order valence-corrected chi connectivity index (χ4v) is 3.00. The molecule has 3 aromatic rings. The topological polar surface area (TPSA) is 115 Å². The molecule has 1 unspecified atom stereocenters. The number of ether oxygens (including phenoxy) is 1. The minimum absolute atomic E-state index is 0.126. The van der Waals surface area contributed by atoms with E-state index in [1.165, 1.54) is 25.3 Å². The summed E-state index contributed by atoms with van der Waals surface area (Å²) in [7, 11) is 0. The molecule has 0 saturated carbocycles. The monoisotopic (exact) mass is 462 g/mol. The number of carbonyl (C=O) groups is 4. The lowest BCUT2D eigenvalue weighted by molar-refractivity contribution is -0.118. The Morgan fingerprint density at radius 3 is 2.18 bits per heavy atom. The van der Waals surface area contributed by atoms with Crippen molar-refractivity contribution in [2.75, 3.05) is 10.6 Å². The number of nitrogens with one attached hydrogen (secondary N) is 2. The second-order valence-corrected chi connectivity index (χ2v) is 8.09. The number of rotatable bonds is 8. The number of hydrogen-bond donors (Lipinski definition) is 2. The van der Waals surface area contributed by atoms with E-state index in [0.717, 1.165) is 5.56 Å². The number of benzene rings is 2. The first-order valence-electron chi connectivity index (χ1n) is 10.8. The molecule has 0 spiro atoms. The van der Waals surface area contributed by atoms with Crippen LogP contribution in [0.2, 0.25) is 0 Å².